The third-order valence-electron chi connectivity index (χ3n) is 7.24. The van der Waals surface area contributed by atoms with Gasteiger partial charge in [0.05, 0.1) is 0 Å². The van der Waals surface area contributed by atoms with Gasteiger partial charge in [0.1, 0.15) is 0 Å². The number of aryl methyl sites for hydroxylation is 2. The number of hydrogen-bond donors (Lipinski definition) is 0. The molecule has 0 saturated heterocycles. The van der Waals surface area contributed by atoms with Crippen molar-refractivity contribution in [2.75, 3.05) is 0 Å². The van der Waals surface area contributed by atoms with Crippen LogP contribution in [0.15, 0.2) is 60.7 Å². The van der Waals surface area contributed by atoms with E-state index >= 15 is 0 Å². The molecule has 2 saturated carbocycles. The molecule has 3 aromatic carbocycles. The Balaban J connectivity index is 0.000000193. The number of halogens is 2. The zero-order valence-electron chi connectivity index (χ0n) is 20.5. The van der Waals surface area contributed by atoms with Gasteiger partial charge in [0.25, 0.3) is 0 Å². The summed E-state index contributed by atoms with van der Waals surface area (Å²) in [6.07, 6.45) is 13.7. The molecule has 34 heavy (non-hydrogen) atoms. The van der Waals surface area contributed by atoms with Crippen molar-refractivity contribution in [1.29, 1.82) is 0 Å². The molecule has 6 rings (SSSR count). The van der Waals surface area contributed by atoms with Crippen molar-refractivity contribution >= 4 is 5.43 Å². The molecule has 2 fully saturated rings. The van der Waals surface area contributed by atoms with E-state index in [1.807, 2.05) is 53.7 Å². The Bertz CT molecular complexity index is 932. The molecule has 180 valence electrons. The number of fused-ring (bicyclic) bond motifs is 3. The second-order valence-electron chi connectivity index (χ2n) is 9.75. The van der Waals surface area contributed by atoms with Crippen LogP contribution in [0.3, 0.4) is 0 Å². The zero-order chi connectivity index (χ0) is 22.3. The van der Waals surface area contributed by atoms with Gasteiger partial charge in [0.2, 0.25) is 0 Å². The quantitative estimate of drug-likeness (QED) is 0.250. The van der Waals surface area contributed by atoms with Crippen molar-refractivity contribution in [1.82, 2.24) is 0 Å². The van der Waals surface area contributed by atoms with E-state index in [1.165, 1.54) is 44.5 Å². The molecule has 0 amide bonds. The third kappa shape index (κ3) is 7.99. The average Bonchev–Trinajstić information content (AvgIpc) is 3.61. The van der Waals surface area contributed by atoms with E-state index in [0.29, 0.717) is 0 Å². The molecule has 0 nitrogen and oxygen atoms in total. The standard InChI is InChI=1S/C15H13.C10H18Si.C5H5.2ClH.Zr/c1-10-3-5-14-12(7-10)9-13-8-11(2)4-6-15(13)14;1-2-6-9(5-1)11-10-7-3-4-8-10;1-2-4-5-3-1;;;/h3-7H,9H2,1-2H3;9-10H,1-8H2;1-5H;2*1H;/q-1;;-1;;;+2/p-2. The van der Waals surface area contributed by atoms with Crippen LogP contribution in [0.25, 0.3) is 11.1 Å². The summed E-state index contributed by atoms with van der Waals surface area (Å²) in [5.41, 5.74) is 10.8. The Morgan fingerprint density at radius 3 is 1.91 bits per heavy atom. The summed E-state index contributed by atoms with van der Waals surface area (Å²) in [6.45, 7) is 4.26. The molecule has 0 unspecified atom stereocenters. The van der Waals surface area contributed by atoms with Crippen LogP contribution in [0.1, 0.15) is 73.6 Å². The first kappa shape index (κ1) is 29.7. The summed E-state index contributed by atoms with van der Waals surface area (Å²) in [5, 5.41) is 0. The minimum atomic E-state index is 0. The van der Waals surface area contributed by atoms with Crippen molar-refractivity contribution in [2.45, 2.75) is 82.7 Å². The first-order valence-electron chi connectivity index (χ1n) is 12.5. The summed E-state index contributed by atoms with van der Waals surface area (Å²) >= 11 is 1.94. The van der Waals surface area contributed by atoms with Gasteiger partial charge in [-0.3, -0.25) is 0 Å². The Hall–Kier alpha value is -0.530. The van der Waals surface area contributed by atoms with Gasteiger partial charge in [0.15, 0.2) is 0 Å². The normalized spacial score (nSPS) is 16.1. The second kappa shape index (κ2) is 14.9. The predicted molar refractivity (Wildman–Crippen MR) is 135 cm³/mol. The summed E-state index contributed by atoms with van der Waals surface area (Å²) in [6, 6.07) is 24.5. The van der Waals surface area contributed by atoms with E-state index in [4.69, 9.17) is 0 Å². The predicted octanol–water partition coefficient (Wildman–Crippen LogP) is 2.50. The minimum Gasteiger partial charge on any atom is -0.214 e. The topological polar surface area (TPSA) is 0 Å². The molecule has 3 aliphatic carbocycles. The Morgan fingerprint density at radius 2 is 1.38 bits per heavy atom. The largest absolute Gasteiger partial charge is 0.214 e. The van der Waals surface area contributed by atoms with E-state index in [0.717, 1.165) is 6.42 Å². The average molecular weight is 587 g/mol. The van der Waals surface area contributed by atoms with Crippen LogP contribution in [0.4, 0.5) is 0 Å². The van der Waals surface area contributed by atoms with Gasteiger partial charge in [-0.1, -0.05) is 36.2 Å². The Labute approximate surface area is 234 Å². The maximum absolute atomic E-state index is 3.45. The van der Waals surface area contributed by atoms with Crippen molar-refractivity contribution in [3.8, 4) is 11.1 Å². The molecule has 0 heterocycles. The molecule has 3 aromatic rings. The molecule has 3 aliphatic rings. The van der Waals surface area contributed by atoms with Gasteiger partial charge < -0.3 is 24.8 Å². The Morgan fingerprint density at radius 1 is 0.824 bits per heavy atom. The van der Waals surface area contributed by atoms with Crippen molar-refractivity contribution in [2.24, 2.45) is 0 Å². The van der Waals surface area contributed by atoms with Crippen molar-refractivity contribution < 1.29 is 48.1 Å². The fraction of sp³-hybridized carbons (Fsp3) is 0.433. The summed E-state index contributed by atoms with van der Waals surface area (Å²) in [7, 11) is 0. The molecule has 4 heteroatoms. The van der Waals surface area contributed by atoms with E-state index in [1.54, 1.807) is 51.4 Å². The monoisotopic (exact) mass is 584 g/mol. The summed E-state index contributed by atoms with van der Waals surface area (Å²) in [5.74, 6) is 0. The number of benzene rings is 2. The van der Waals surface area contributed by atoms with E-state index in [-0.39, 0.29) is 30.2 Å². The first-order chi connectivity index (χ1) is 15.6. The van der Waals surface area contributed by atoms with Gasteiger partial charge >= 0.3 is 91.2 Å². The van der Waals surface area contributed by atoms with Crippen molar-refractivity contribution in [3.63, 3.8) is 0 Å². The fourth-order valence-electron chi connectivity index (χ4n) is 5.50. The molecule has 0 N–H and O–H groups in total. The van der Waals surface area contributed by atoms with E-state index < -0.39 is 0 Å². The minimum absolute atomic E-state index is 0. The maximum Gasteiger partial charge on any atom is -0.172 e. The molecule has 0 bridgehead atoms. The van der Waals surface area contributed by atoms with Gasteiger partial charge in [0, 0.05) is 0 Å². The number of hydrogen-bond acceptors (Lipinski definition) is 0. The van der Waals surface area contributed by atoms with Crippen LogP contribution in [-0.2, 0) is 29.8 Å². The van der Waals surface area contributed by atoms with Gasteiger partial charge in [-0.15, -0.1) is 11.1 Å². The number of rotatable bonds is 2. The third-order valence-corrected chi connectivity index (χ3v) is 16.2. The van der Waals surface area contributed by atoms with E-state index in [2.05, 4.69) is 50.2 Å². The molecule has 0 aromatic heterocycles. The zero-order valence-corrected chi connectivity index (χ0v) is 25.5. The van der Waals surface area contributed by atoms with E-state index in [9.17, 15) is 0 Å². The molecule has 0 atom stereocenters. The molecular formula is C30H36Cl2SiZr-2. The van der Waals surface area contributed by atoms with Gasteiger partial charge in [-0.25, -0.2) is 12.1 Å². The second-order valence-corrected chi connectivity index (χ2v) is 16.6. The SMILES string of the molecule is Cc1[c-]c2c(cc1)-c1ccc(C)cc1C2.[Cl-].[Cl-].[Zr+2]=[Si](C1CCCC1)C1CCCC1.c1cc[cH-]c1. The van der Waals surface area contributed by atoms with Crippen LogP contribution < -0.4 is 24.8 Å². The fourth-order valence-corrected chi connectivity index (χ4v) is 12.5. The van der Waals surface area contributed by atoms with Gasteiger partial charge in [-0.2, -0.15) is 42.0 Å². The smallest absolute Gasteiger partial charge is 0.172 e. The molecule has 0 spiro atoms. The Kier molecular flexibility index (Phi) is 13.0. The maximum atomic E-state index is 3.45. The first-order valence-corrected chi connectivity index (χ1v) is 17.8. The van der Waals surface area contributed by atoms with Crippen LogP contribution in [0.2, 0.25) is 11.1 Å². The van der Waals surface area contributed by atoms with Gasteiger partial charge in [-0.05, 0) is 18.9 Å². The van der Waals surface area contributed by atoms with Crippen LogP contribution in [0.5, 0.6) is 0 Å². The van der Waals surface area contributed by atoms with Crippen LogP contribution in [0, 0.1) is 19.9 Å². The molecular weight excluding hydrogens is 551 g/mol. The summed E-state index contributed by atoms with van der Waals surface area (Å²) < 4.78 is 0. The molecule has 0 aliphatic heterocycles. The van der Waals surface area contributed by atoms with Crippen molar-refractivity contribution in [3.05, 3.63) is 89.0 Å². The van der Waals surface area contributed by atoms with Crippen LogP contribution in [-0.4, -0.2) is 5.43 Å². The summed E-state index contributed by atoms with van der Waals surface area (Å²) in [4.78, 5) is 0. The van der Waals surface area contributed by atoms with Crippen LogP contribution >= 0.6 is 0 Å². The molecule has 0 radical (unpaired) electrons.